The van der Waals surface area contributed by atoms with E-state index in [9.17, 15) is 19.2 Å². The highest BCUT2D eigenvalue weighted by Gasteiger charge is 2.42. The number of aromatic nitrogens is 2. The van der Waals surface area contributed by atoms with Gasteiger partial charge in [0.15, 0.2) is 5.78 Å². The van der Waals surface area contributed by atoms with E-state index in [1.807, 2.05) is 0 Å². The van der Waals surface area contributed by atoms with Gasteiger partial charge in [0.05, 0.1) is 24.3 Å². The SMILES string of the molecule is CC(=O)c1c(C)nn(CC(=O)N2CCN3C(=O)CN(C)C(=O)[C@@H]3C2)c1C. The average molecular weight is 361 g/mol. The highest BCUT2D eigenvalue weighted by Crippen LogP contribution is 2.18. The largest absolute Gasteiger partial charge is 0.337 e. The molecular formula is C17H23N5O4. The molecule has 2 aliphatic rings. The lowest BCUT2D eigenvalue weighted by Gasteiger charge is -2.45. The van der Waals surface area contributed by atoms with Crippen molar-refractivity contribution in [1.29, 1.82) is 0 Å². The number of hydrogen-bond acceptors (Lipinski definition) is 5. The summed E-state index contributed by atoms with van der Waals surface area (Å²) in [6.07, 6.45) is 0. The van der Waals surface area contributed by atoms with Gasteiger partial charge in [0.1, 0.15) is 12.6 Å². The number of aryl methyl sites for hydroxylation is 1. The monoisotopic (exact) mass is 361 g/mol. The normalized spacial score (nSPS) is 20.5. The van der Waals surface area contributed by atoms with Crippen LogP contribution in [-0.2, 0) is 20.9 Å². The van der Waals surface area contributed by atoms with Crippen LogP contribution in [0.2, 0.25) is 0 Å². The van der Waals surface area contributed by atoms with Gasteiger partial charge in [-0.05, 0) is 20.8 Å². The summed E-state index contributed by atoms with van der Waals surface area (Å²) in [5, 5.41) is 4.30. The molecule has 1 atom stereocenters. The predicted octanol–water partition coefficient (Wildman–Crippen LogP) is -0.786. The third-order valence-electron chi connectivity index (χ3n) is 5.11. The van der Waals surface area contributed by atoms with Crippen LogP contribution >= 0.6 is 0 Å². The van der Waals surface area contributed by atoms with Crippen molar-refractivity contribution >= 4 is 23.5 Å². The van der Waals surface area contributed by atoms with E-state index in [4.69, 9.17) is 0 Å². The molecule has 0 radical (unpaired) electrons. The van der Waals surface area contributed by atoms with Crippen molar-refractivity contribution < 1.29 is 19.2 Å². The van der Waals surface area contributed by atoms with E-state index in [0.717, 1.165) is 0 Å². The van der Waals surface area contributed by atoms with Crippen molar-refractivity contribution in [2.75, 3.05) is 33.2 Å². The van der Waals surface area contributed by atoms with Gasteiger partial charge >= 0.3 is 0 Å². The number of nitrogens with zero attached hydrogens (tertiary/aromatic N) is 5. The second-order valence-corrected chi connectivity index (χ2v) is 6.90. The number of fused-ring (bicyclic) bond motifs is 1. The molecule has 140 valence electrons. The van der Waals surface area contributed by atoms with Gasteiger partial charge in [0.25, 0.3) is 0 Å². The zero-order valence-corrected chi connectivity index (χ0v) is 15.5. The van der Waals surface area contributed by atoms with Crippen molar-refractivity contribution in [1.82, 2.24) is 24.5 Å². The zero-order valence-electron chi connectivity index (χ0n) is 15.5. The molecule has 9 nitrogen and oxygen atoms in total. The molecule has 2 aliphatic heterocycles. The molecular weight excluding hydrogens is 338 g/mol. The van der Waals surface area contributed by atoms with Crippen molar-refractivity contribution in [2.24, 2.45) is 0 Å². The van der Waals surface area contributed by atoms with Gasteiger partial charge in [0, 0.05) is 25.8 Å². The Kier molecular flexibility index (Phi) is 4.55. The average Bonchev–Trinajstić information content (AvgIpc) is 2.86. The van der Waals surface area contributed by atoms with Crippen molar-refractivity contribution in [3.63, 3.8) is 0 Å². The van der Waals surface area contributed by atoms with Crippen LogP contribution in [-0.4, -0.2) is 87.3 Å². The smallest absolute Gasteiger partial charge is 0.247 e. The van der Waals surface area contributed by atoms with E-state index in [0.29, 0.717) is 30.0 Å². The second-order valence-electron chi connectivity index (χ2n) is 6.90. The molecule has 0 spiro atoms. The Balaban J connectivity index is 1.74. The first-order chi connectivity index (χ1) is 12.2. The lowest BCUT2D eigenvalue weighted by molar-refractivity contribution is -0.160. The Morgan fingerprint density at radius 1 is 1.19 bits per heavy atom. The van der Waals surface area contributed by atoms with Gasteiger partial charge in [-0.3, -0.25) is 23.9 Å². The Morgan fingerprint density at radius 3 is 2.50 bits per heavy atom. The molecule has 0 aromatic carbocycles. The molecule has 3 heterocycles. The van der Waals surface area contributed by atoms with Crippen molar-refractivity contribution in [2.45, 2.75) is 33.4 Å². The fourth-order valence-corrected chi connectivity index (χ4v) is 3.73. The molecule has 0 aliphatic carbocycles. The lowest BCUT2D eigenvalue weighted by Crippen LogP contribution is -2.66. The van der Waals surface area contributed by atoms with E-state index in [1.165, 1.54) is 16.5 Å². The number of rotatable bonds is 3. The van der Waals surface area contributed by atoms with Crippen LogP contribution in [0, 0.1) is 13.8 Å². The summed E-state index contributed by atoms with van der Waals surface area (Å²) >= 11 is 0. The predicted molar refractivity (Wildman–Crippen MR) is 91.4 cm³/mol. The molecule has 2 saturated heterocycles. The molecule has 1 aromatic rings. The number of hydrogen-bond donors (Lipinski definition) is 0. The minimum Gasteiger partial charge on any atom is -0.337 e. The quantitative estimate of drug-likeness (QED) is 0.658. The van der Waals surface area contributed by atoms with E-state index in [2.05, 4.69) is 5.10 Å². The number of carbonyl (C=O) groups excluding carboxylic acids is 4. The van der Waals surface area contributed by atoms with E-state index in [1.54, 1.807) is 30.7 Å². The Morgan fingerprint density at radius 2 is 1.88 bits per heavy atom. The van der Waals surface area contributed by atoms with Crippen LogP contribution in [0.1, 0.15) is 28.7 Å². The maximum absolute atomic E-state index is 12.7. The highest BCUT2D eigenvalue weighted by atomic mass is 16.2. The van der Waals surface area contributed by atoms with Gasteiger partial charge in [-0.1, -0.05) is 0 Å². The number of amides is 3. The number of piperazine rings is 2. The fourth-order valence-electron chi connectivity index (χ4n) is 3.73. The molecule has 26 heavy (non-hydrogen) atoms. The molecule has 0 unspecified atom stereocenters. The zero-order chi connectivity index (χ0) is 19.2. The minimum absolute atomic E-state index is 0.00461. The third-order valence-corrected chi connectivity index (χ3v) is 5.11. The van der Waals surface area contributed by atoms with Gasteiger partial charge < -0.3 is 14.7 Å². The first kappa shape index (κ1) is 18.1. The summed E-state index contributed by atoms with van der Waals surface area (Å²) in [5.41, 5.74) is 1.80. The Labute approximate surface area is 151 Å². The van der Waals surface area contributed by atoms with E-state index in [-0.39, 0.29) is 43.1 Å². The summed E-state index contributed by atoms with van der Waals surface area (Å²) in [4.78, 5) is 53.4. The third kappa shape index (κ3) is 2.97. The number of ketones is 1. The van der Waals surface area contributed by atoms with E-state index >= 15 is 0 Å². The summed E-state index contributed by atoms with van der Waals surface area (Å²) in [6.45, 7) is 6.00. The molecule has 1 aromatic heterocycles. The Hall–Kier alpha value is -2.71. The topological polar surface area (TPSA) is 95.8 Å². The summed E-state index contributed by atoms with van der Waals surface area (Å²) < 4.78 is 1.53. The number of Topliss-reactive ketones (excluding diaryl/α,β-unsaturated/α-hetero) is 1. The molecule has 0 saturated carbocycles. The van der Waals surface area contributed by atoms with Gasteiger partial charge in [-0.2, -0.15) is 5.10 Å². The van der Waals surface area contributed by atoms with Crippen LogP contribution < -0.4 is 0 Å². The van der Waals surface area contributed by atoms with Gasteiger partial charge in [-0.15, -0.1) is 0 Å². The van der Waals surface area contributed by atoms with E-state index < -0.39 is 6.04 Å². The molecule has 2 fully saturated rings. The second kappa shape index (κ2) is 6.54. The maximum Gasteiger partial charge on any atom is 0.247 e. The minimum atomic E-state index is -0.618. The summed E-state index contributed by atoms with van der Waals surface area (Å²) in [6, 6.07) is -0.618. The van der Waals surface area contributed by atoms with Crippen LogP contribution in [0.15, 0.2) is 0 Å². The standard InChI is InChI=1S/C17H23N5O4/c1-10-16(12(3)23)11(2)22(18-10)9-14(24)20-5-6-21-13(7-20)17(26)19(4)8-15(21)25/h13H,5-9H2,1-4H3/t13-/m0/s1. The summed E-state index contributed by atoms with van der Waals surface area (Å²) in [5.74, 6) is -0.499. The lowest BCUT2D eigenvalue weighted by atomic mass is 10.1. The molecule has 3 amide bonds. The van der Waals surface area contributed by atoms with Crippen LogP contribution in [0.5, 0.6) is 0 Å². The molecule has 9 heteroatoms. The van der Waals surface area contributed by atoms with Gasteiger partial charge in [-0.25, -0.2) is 0 Å². The van der Waals surface area contributed by atoms with Crippen LogP contribution in [0.25, 0.3) is 0 Å². The Bertz CT molecular complexity index is 799. The maximum atomic E-state index is 12.7. The first-order valence-electron chi connectivity index (χ1n) is 8.58. The van der Waals surface area contributed by atoms with Crippen molar-refractivity contribution in [3.05, 3.63) is 17.0 Å². The van der Waals surface area contributed by atoms with Crippen LogP contribution in [0.4, 0.5) is 0 Å². The summed E-state index contributed by atoms with van der Waals surface area (Å²) in [7, 11) is 1.59. The van der Waals surface area contributed by atoms with Gasteiger partial charge in [0.2, 0.25) is 17.7 Å². The molecule has 3 rings (SSSR count). The number of carbonyl (C=O) groups is 4. The molecule has 0 bridgehead atoms. The number of likely N-dealkylation sites (N-methyl/N-ethyl adjacent to an activating group) is 1. The first-order valence-corrected chi connectivity index (χ1v) is 8.58. The van der Waals surface area contributed by atoms with Crippen LogP contribution in [0.3, 0.4) is 0 Å². The molecule has 0 N–H and O–H groups in total. The highest BCUT2D eigenvalue weighted by molar-refractivity contribution is 5.96. The fraction of sp³-hybridized carbons (Fsp3) is 0.588. The van der Waals surface area contributed by atoms with Crippen molar-refractivity contribution in [3.8, 4) is 0 Å².